The molecule has 0 N–H and O–H groups in total. The van der Waals surface area contributed by atoms with E-state index in [9.17, 15) is 0 Å². The Morgan fingerprint density at radius 2 is 1.36 bits per heavy atom. The number of hydrogen-bond donors (Lipinski definition) is 0. The van der Waals surface area contributed by atoms with E-state index >= 15 is 0 Å². The predicted molar refractivity (Wildman–Crippen MR) is 95.8 cm³/mol. The molecule has 0 atom stereocenters. The van der Waals surface area contributed by atoms with Gasteiger partial charge in [-0.15, -0.1) is 0 Å². The zero-order valence-corrected chi connectivity index (χ0v) is 12.8. The number of hydrogen-bond acceptors (Lipinski definition) is 0. The summed E-state index contributed by atoms with van der Waals surface area (Å²) in [6, 6.07) is 2.37. The van der Waals surface area contributed by atoms with Crippen LogP contribution in [-0.4, -0.2) is 0 Å². The largest absolute Gasteiger partial charge is 0.0629 e. The summed E-state index contributed by atoms with van der Waals surface area (Å²) in [5.74, 6) is 0. The van der Waals surface area contributed by atoms with Crippen molar-refractivity contribution < 1.29 is 20.6 Å². The molecular formula is C22H28. The molecule has 0 saturated carbocycles. The Labute approximate surface area is 156 Å². The van der Waals surface area contributed by atoms with Crippen molar-refractivity contribution in [3.8, 4) is 0 Å². The van der Waals surface area contributed by atoms with Gasteiger partial charge in [-0.3, -0.25) is 0 Å². The molecule has 0 nitrogen and oxygen atoms in total. The summed E-state index contributed by atoms with van der Waals surface area (Å²) in [6.45, 7) is -9.08. The second-order valence-corrected chi connectivity index (χ2v) is 6.80. The van der Waals surface area contributed by atoms with E-state index in [0.717, 1.165) is 12.1 Å². The van der Waals surface area contributed by atoms with Crippen LogP contribution in [0.25, 0.3) is 0 Å². The quantitative estimate of drug-likeness (QED) is 0.564. The van der Waals surface area contributed by atoms with Crippen LogP contribution in [0.2, 0.25) is 0 Å². The molecule has 0 aliphatic heterocycles. The summed E-state index contributed by atoms with van der Waals surface area (Å²) in [6.07, 6.45) is 0. The molecule has 0 bridgehead atoms. The van der Waals surface area contributed by atoms with Gasteiger partial charge in [0.05, 0.1) is 4.11 Å². The molecule has 22 heavy (non-hydrogen) atoms. The first kappa shape index (κ1) is 5.51. The minimum atomic E-state index is -3.46. The van der Waals surface area contributed by atoms with Crippen molar-refractivity contribution in [2.24, 2.45) is 0 Å². The van der Waals surface area contributed by atoms with Crippen LogP contribution in [0.4, 0.5) is 0 Å². The highest BCUT2D eigenvalue weighted by atomic mass is 14.4. The van der Waals surface area contributed by atoms with Crippen LogP contribution in [-0.2, 0) is 16.2 Å². The molecule has 0 heteroatoms. The number of benzene rings is 2. The molecule has 0 amide bonds. The Morgan fingerprint density at radius 3 is 1.86 bits per heavy atom. The van der Waals surface area contributed by atoms with E-state index in [-0.39, 0.29) is 5.56 Å². The molecule has 0 saturated heterocycles. The molecule has 0 radical (unpaired) electrons. The summed E-state index contributed by atoms with van der Waals surface area (Å²) in [5, 5.41) is 0. The SMILES string of the molecule is [2H]c1c([2H])c2c(c([2H])c1C(C)(C)C)C(C([2H])([2H])[2H])(C([2H])([2H])[2H])c1ccccc1C2(C([2H])([2H])[2H])C([2H])([2H])[2H]. The lowest BCUT2D eigenvalue weighted by molar-refractivity contribution is 0.514. The highest BCUT2D eigenvalue weighted by Crippen LogP contribution is 2.50. The fourth-order valence-electron chi connectivity index (χ4n) is 2.75. The van der Waals surface area contributed by atoms with Crippen molar-refractivity contribution in [3.05, 3.63) is 70.2 Å². The van der Waals surface area contributed by atoms with Gasteiger partial charge in [0.1, 0.15) is 0 Å². The Morgan fingerprint density at radius 1 is 0.818 bits per heavy atom. The van der Waals surface area contributed by atoms with E-state index in [2.05, 4.69) is 0 Å². The topological polar surface area (TPSA) is 0 Å². The molecule has 1 aliphatic carbocycles. The van der Waals surface area contributed by atoms with E-state index in [1.807, 2.05) is 0 Å². The third-order valence-electron chi connectivity index (χ3n) is 4.05. The first-order valence-electron chi connectivity index (χ1n) is 14.6. The fraction of sp³-hybridized carbons (Fsp3) is 0.455. The van der Waals surface area contributed by atoms with Crippen LogP contribution < -0.4 is 0 Å². The van der Waals surface area contributed by atoms with Gasteiger partial charge in [-0.1, -0.05) is 90.6 Å². The van der Waals surface area contributed by atoms with Crippen molar-refractivity contribution in [2.75, 3.05) is 0 Å². The predicted octanol–water partition coefficient (Wildman–Crippen LogP) is 5.95. The minimum Gasteiger partial charge on any atom is -0.0619 e. The normalized spacial score (nSPS) is 30.8. The van der Waals surface area contributed by atoms with Crippen molar-refractivity contribution in [2.45, 2.75) is 64.4 Å². The number of fused-ring (bicyclic) bond motifs is 2. The van der Waals surface area contributed by atoms with Gasteiger partial charge in [0.15, 0.2) is 0 Å². The Bertz CT molecular complexity index is 1210. The molecule has 116 valence electrons. The highest BCUT2D eigenvalue weighted by molar-refractivity contribution is 5.59. The first-order valence-corrected chi connectivity index (χ1v) is 7.08. The minimum absolute atomic E-state index is 0.182. The molecule has 2 aromatic rings. The zero-order valence-electron chi connectivity index (χ0n) is 27.8. The van der Waals surface area contributed by atoms with Crippen LogP contribution in [0.5, 0.6) is 0 Å². The van der Waals surface area contributed by atoms with E-state index in [1.165, 1.54) is 12.1 Å². The van der Waals surface area contributed by atoms with Gasteiger partial charge in [0, 0.05) is 27.3 Å². The number of rotatable bonds is 0. The third-order valence-corrected chi connectivity index (χ3v) is 4.05. The third kappa shape index (κ3) is 2.04. The summed E-state index contributed by atoms with van der Waals surface area (Å²) < 4.78 is 128. The van der Waals surface area contributed by atoms with Crippen molar-refractivity contribution in [1.29, 1.82) is 0 Å². The van der Waals surface area contributed by atoms with Crippen LogP contribution >= 0.6 is 0 Å². The maximum absolute atomic E-state index is 9.09. The lowest BCUT2D eigenvalue weighted by Gasteiger charge is -2.44. The summed E-state index contributed by atoms with van der Waals surface area (Å²) in [4.78, 5) is 0. The molecule has 3 rings (SSSR count). The maximum atomic E-state index is 9.09. The highest BCUT2D eigenvalue weighted by Gasteiger charge is 2.41. The zero-order chi connectivity index (χ0) is 28.9. The van der Waals surface area contributed by atoms with E-state index < -0.39 is 84.0 Å². The van der Waals surface area contributed by atoms with Gasteiger partial charge < -0.3 is 0 Å². The van der Waals surface area contributed by atoms with E-state index in [4.69, 9.17) is 20.6 Å². The maximum Gasteiger partial charge on any atom is 0.0629 e. The standard InChI is InChI=1S/C22H28/c1-20(2,3)15-12-13-18-19(14-15)22(6,7)17-11-9-8-10-16(17)21(18,4)5/h8-14H,1-7H3/i4D3,5D3,6D3,7D3,12D,13D,14D. The molecule has 2 aromatic carbocycles. The average molecular weight is 308 g/mol. The Balaban J connectivity index is 2.97. The Hall–Kier alpha value is -1.56. The van der Waals surface area contributed by atoms with Crippen molar-refractivity contribution in [3.63, 3.8) is 0 Å². The summed E-state index contributed by atoms with van der Waals surface area (Å²) in [5.41, 5.74) is -10.4. The van der Waals surface area contributed by atoms with E-state index in [1.54, 1.807) is 20.8 Å². The summed E-state index contributed by atoms with van der Waals surface area (Å²) in [7, 11) is 0. The van der Waals surface area contributed by atoms with Gasteiger partial charge in [-0.2, -0.15) is 0 Å². The van der Waals surface area contributed by atoms with Gasteiger partial charge in [0.2, 0.25) is 0 Å². The molecule has 0 unspecified atom stereocenters. The van der Waals surface area contributed by atoms with Gasteiger partial charge >= 0.3 is 0 Å². The molecule has 0 spiro atoms. The van der Waals surface area contributed by atoms with Crippen LogP contribution in [0.3, 0.4) is 0 Å². The van der Waals surface area contributed by atoms with Crippen LogP contribution in [0.1, 0.15) is 96.6 Å². The smallest absolute Gasteiger partial charge is 0.0619 e. The molecule has 0 heterocycles. The second-order valence-electron chi connectivity index (χ2n) is 6.80. The van der Waals surface area contributed by atoms with Crippen molar-refractivity contribution >= 4 is 0 Å². The van der Waals surface area contributed by atoms with E-state index in [0.29, 0.717) is 0 Å². The molecular weight excluding hydrogens is 264 g/mol. The molecule has 0 fully saturated rings. The Kier molecular flexibility index (Phi) is 1.12. The average Bonchev–Trinajstić information content (AvgIpc) is 2.65. The molecule has 1 aliphatic rings. The summed E-state index contributed by atoms with van der Waals surface area (Å²) >= 11 is 0. The van der Waals surface area contributed by atoms with Crippen LogP contribution in [0, 0.1) is 0 Å². The van der Waals surface area contributed by atoms with Gasteiger partial charge in [0.25, 0.3) is 0 Å². The lowest BCUT2D eigenvalue weighted by Crippen LogP contribution is -2.36. The monoisotopic (exact) mass is 307 g/mol. The molecule has 0 aromatic heterocycles. The van der Waals surface area contributed by atoms with Crippen molar-refractivity contribution in [1.82, 2.24) is 0 Å². The lowest BCUT2D eigenvalue weighted by atomic mass is 9.59. The van der Waals surface area contributed by atoms with Gasteiger partial charge in [-0.05, 0) is 33.2 Å². The van der Waals surface area contributed by atoms with Gasteiger partial charge in [-0.25, -0.2) is 0 Å². The fourth-order valence-corrected chi connectivity index (χ4v) is 2.75. The first-order chi connectivity index (χ1) is 16.3. The second kappa shape index (κ2) is 4.47. The van der Waals surface area contributed by atoms with Crippen LogP contribution in [0.15, 0.2) is 42.4 Å².